The van der Waals surface area contributed by atoms with E-state index >= 15 is 0 Å². The molecule has 0 aliphatic carbocycles. The minimum Gasteiger partial charge on any atom is -0.366 e. The maximum Gasteiger partial charge on any atom is 0.255 e. The van der Waals surface area contributed by atoms with E-state index in [9.17, 15) is 0 Å². The molecule has 2 aromatic heterocycles. The summed E-state index contributed by atoms with van der Waals surface area (Å²) in [4.78, 5) is 8.09. The molecule has 84 valence electrons. The normalized spacial score (nSPS) is 10.9. The fourth-order valence-corrected chi connectivity index (χ4v) is 1.86. The first-order valence-electron chi connectivity index (χ1n) is 4.98. The van der Waals surface area contributed by atoms with E-state index in [4.69, 9.17) is 17.3 Å². The highest BCUT2D eigenvalue weighted by Crippen LogP contribution is 2.25. The van der Waals surface area contributed by atoms with E-state index in [-0.39, 0.29) is 5.95 Å². The minimum absolute atomic E-state index is 0.179. The molecule has 17 heavy (non-hydrogen) atoms. The Morgan fingerprint density at radius 1 is 1.12 bits per heavy atom. The van der Waals surface area contributed by atoms with E-state index in [0.717, 1.165) is 11.1 Å². The number of nitrogens with two attached hydrogens (primary N) is 1. The third-order valence-electron chi connectivity index (χ3n) is 2.39. The molecule has 0 bridgehead atoms. The van der Waals surface area contributed by atoms with Crippen molar-refractivity contribution in [3.8, 4) is 11.1 Å². The monoisotopic (exact) mass is 245 g/mol. The Labute approximate surface area is 102 Å². The highest BCUT2D eigenvalue weighted by atomic mass is 35.5. The highest BCUT2D eigenvalue weighted by Gasteiger charge is 2.09. The SMILES string of the molecule is Nc1nc2nc(Cl)c(-c3ccccc3)cn2n1. The first kappa shape index (κ1) is 10.0. The molecule has 0 aliphatic rings. The van der Waals surface area contributed by atoms with Gasteiger partial charge in [0.1, 0.15) is 5.15 Å². The minimum atomic E-state index is 0.179. The molecule has 3 rings (SSSR count). The topological polar surface area (TPSA) is 69.1 Å². The van der Waals surface area contributed by atoms with Crippen molar-refractivity contribution in [2.45, 2.75) is 0 Å². The Hall–Kier alpha value is -2.14. The van der Waals surface area contributed by atoms with Gasteiger partial charge in [-0.2, -0.15) is 9.97 Å². The summed E-state index contributed by atoms with van der Waals surface area (Å²) >= 11 is 6.11. The van der Waals surface area contributed by atoms with Gasteiger partial charge in [-0.3, -0.25) is 0 Å². The lowest BCUT2D eigenvalue weighted by molar-refractivity contribution is 0.946. The molecule has 0 saturated heterocycles. The number of benzene rings is 1. The van der Waals surface area contributed by atoms with E-state index in [1.54, 1.807) is 6.20 Å². The van der Waals surface area contributed by atoms with Crippen LogP contribution in [-0.2, 0) is 0 Å². The molecule has 5 nitrogen and oxygen atoms in total. The Bertz CT molecular complexity index is 677. The van der Waals surface area contributed by atoms with Crippen LogP contribution in [0.5, 0.6) is 0 Å². The summed E-state index contributed by atoms with van der Waals surface area (Å²) in [6.07, 6.45) is 1.77. The van der Waals surface area contributed by atoms with Gasteiger partial charge in [-0.15, -0.1) is 5.10 Å². The van der Waals surface area contributed by atoms with Crippen molar-refractivity contribution in [3.05, 3.63) is 41.7 Å². The summed E-state index contributed by atoms with van der Waals surface area (Å²) < 4.78 is 1.52. The van der Waals surface area contributed by atoms with Crippen LogP contribution >= 0.6 is 11.6 Å². The first-order valence-corrected chi connectivity index (χ1v) is 5.35. The molecule has 0 saturated carbocycles. The van der Waals surface area contributed by atoms with Crippen LogP contribution < -0.4 is 5.73 Å². The predicted molar refractivity (Wildman–Crippen MR) is 65.6 cm³/mol. The van der Waals surface area contributed by atoms with Crippen LogP contribution in [0.1, 0.15) is 0 Å². The molecule has 0 spiro atoms. The fraction of sp³-hybridized carbons (Fsp3) is 0. The second kappa shape index (κ2) is 3.71. The van der Waals surface area contributed by atoms with Crippen LogP contribution in [-0.4, -0.2) is 19.6 Å². The maximum atomic E-state index is 6.11. The molecule has 0 fully saturated rings. The lowest BCUT2D eigenvalue weighted by Crippen LogP contribution is -1.94. The fourth-order valence-electron chi connectivity index (χ4n) is 1.63. The van der Waals surface area contributed by atoms with Crippen LogP contribution in [0.4, 0.5) is 5.95 Å². The third-order valence-corrected chi connectivity index (χ3v) is 2.67. The van der Waals surface area contributed by atoms with Crippen molar-refractivity contribution in [3.63, 3.8) is 0 Å². The number of aromatic nitrogens is 4. The van der Waals surface area contributed by atoms with Gasteiger partial charge >= 0.3 is 0 Å². The van der Waals surface area contributed by atoms with Crippen LogP contribution in [0.25, 0.3) is 16.9 Å². The Balaban J connectivity index is 2.26. The number of nitrogens with zero attached hydrogens (tertiary/aromatic N) is 4. The van der Waals surface area contributed by atoms with E-state index in [2.05, 4.69) is 15.1 Å². The Morgan fingerprint density at radius 3 is 2.65 bits per heavy atom. The lowest BCUT2D eigenvalue weighted by Gasteiger charge is -2.03. The summed E-state index contributed by atoms with van der Waals surface area (Å²) in [7, 11) is 0. The molecule has 2 N–H and O–H groups in total. The molecule has 0 amide bonds. The van der Waals surface area contributed by atoms with Gasteiger partial charge < -0.3 is 5.73 Å². The lowest BCUT2D eigenvalue weighted by atomic mass is 10.1. The highest BCUT2D eigenvalue weighted by molar-refractivity contribution is 6.32. The molecule has 3 aromatic rings. The average molecular weight is 246 g/mol. The quantitative estimate of drug-likeness (QED) is 0.666. The molecule has 6 heteroatoms. The summed E-state index contributed by atoms with van der Waals surface area (Å²) in [5, 5.41) is 4.39. The van der Waals surface area contributed by atoms with Gasteiger partial charge in [0.05, 0.1) is 0 Å². The van der Waals surface area contributed by atoms with Crippen molar-refractivity contribution in [2.24, 2.45) is 0 Å². The van der Waals surface area contributed by atoms with Crippen LogP contribution in [0.2, 0.25) is 5.15 Å². The van der Waals surface area contributed by atoms with E-state index in [1.165, 1.54) is 4.52 Å². The Kier molecular flexibility index (Phi) is 2.19. The maximum absolute atomic E-state index is 6.11. The average Bonchev–Trinajstić information content (AvgIpc) is 2.68. The van der Waals surface area contributed by atoms with E-state index < -0.39 is 0 Å². The number of nitrogen functional groups attached to an aromatic ring is 1. The van der Waals surface area contributed by atoms with Gasteiger partial charge in [-0.05, 0) is 5.56 Å². The number of halogens is 1. The van der Waals surface area contributed by atoms with Crippen molar-refractivity contribution in [1.82, 2.24) is 19.6 Å². The van der Waals surface area contributed by atoms with Gasteiger partial charge in [0.25, 0.3) is 5.78 Å². The van der Waals surface area contributed by atoms with Gasteiger partial charge in [-0.1, -0.05) is 41.9 Å². The molecule has 0 radical (unpaired) electrons. The largest absolute Gasteiger partial charge is 0.366 e. The van der Waals surface area contributed by atoms with Crippen molar-refractivity contribution in [1.29, 1.82) is 0 Å². The molecule has 0 aliphatic heterocycles. The van der Waals surface area contributed by atoms with Gasteiger partial charge in [0.2, 0.25) is 5.95 Å². The molecule has 0 unspecified atom stereocenters. The first-order chi connectivity index (χ1) is 8.24. The number of anilines is 1. The number of hydrogen-bond donors (Lipinski definition) is 1. The van der Waals surface area contributed by atoms with Crippen molar-refractivity contribution in [2.75, 3.05) is 5.73 Å². The zero-order valence-electron chi connectivity index (χ0n) is 8.71. The second-order valence-electron chi connectivity index (χ2n) is 3.53. The molecule has 1 aromatic carbocycles. The van der Waals surface area contributed by atoms with Crippen LogP contribution in [0.15, 0.2) is 36.5 Å². The van der Waals surface area contributed by atoms with Gasteiger partial charge in [-0.25, -0.2) is 4.52 Å². The summed E-state index contributed by atoms with van der Waals surface area (Å²) in [6, 6.07) is 9.72. The third kappa shape index (κ3) is 1.70. The number of rotatable bonds is 1. The van der Waals surface area contributed by atoms with Gasteiger partial charge in [0, 0.05) is 11.8 Å². The molecule has 0 atom stereocenters. The number of hydrogen-bond acceptors (Lipinski definition) is 4. The summed E-state index contributed by atoms with van der Waals surface area (Å²) in [5.74, 6) is 0.575. The summed E-state index contributed by atoms with van der Waals surface area (Å²) in [5.41, 5.74) is 7.27. The smallest absolute Gasteiger partial charge is 0.255 e. The van der Waals surface area contributed by atoms with Gasteiger partial charge in [0.15, 0.2) is 0 Å². The molecular formula is C11H8ClN5. The van der Waals surface area contributed by atoms with Crippen LogP contribution in [0, 0.1) is 0 Å². The van der Waals surface area contributed by atoms with Crippen molar-refractivity contribution >= 4 is 23.3 Å². The zero-order chi connectivity index (χ0) is 11.8. The molecule has 2 heterocycles. The van der Waals surface area contributed by atoms with Crippen molar-refractivity contribution < 1.29 is 0 Å². The second-order valence-corrected chi connectivity index (χ2v) is 3.88. The van der Waals surface area contributed by atoms with E-state index in [1.807, 2.05) is 30.3 Å². The molecular weight excluding hydrogens is 238 g/mol. The standard InChI is InChI=1S/C11H8ClN5/c12-9-8(7-4-2-1-3-5-7)6-17-11(14-9)15-10(13)16-17/h1-6H,(H2,13,16). The Morgan fingerprint density at radius 2 is 1.88 bits per heavy atom. The zero-order valence-corrected chi connectivity index (χ0v) is 9.46. The van der Waals surface area contributed by atoms with E-state index in [0.29, 0.717) is 10.9 Å². The number of fused-ring (bicyclic) bond motifs is 1. The van der Waals surface area contributed by atoms with Crippen LogP contribution in [0.3, 0.4) is 0 Å². The summed E-state index contributed by atoms with van der Waals surface area (Å²) in [6.45, 7) is 0. The predicted octanol–water partition coefficient (Wildman–Crippen LogP) is 2.03.